The molecule has 10 N–H and O–H groups in total. The maximum Gasteiger partial charge on any atom is 0.245 e. The molecule has 0 spiro atoms. The lowest BCUT2D eigenvalue weighted by Crippen LogP contribution is -2.65. The van der Waals surface area contributed by atoms with Crippen LogP contribution in [0.1, 0.15) is 80.0 Å². The summed E-state index contributed by atoms with van der Waals surface area (Å²) in [6.45, 7) is 9.97. The summed E-state index contributed by atoms with van der Waals surface area (Å²) in [5.41, 5.74) is 18.6. The van der Waals surface area contributed by atoms with Gasteiger partial charge in [0.25, 0.3) is 0 Å². The topological polar surface area (TPSA) is 347 Å². The molecule has 3 aliphatic carbocycles. The SMILES string of the molecule is CSCSc1ncc(COCCOCCOCCN/C=C(\N)COCC(COC/C(N)=C/NCCOCCOCCOCc2cnc(SCSC)nc2)(NC2CCCC(Cc3ccccc3)CC2)C(=O)NCC2C3CCC(=NN)C(=NCCOCCOCCOCc4cnc(SC[S+](C)C)nc4)CCC32)cn1. The highest BCUT2D eigenvalue weighted by molar-refractivity contribution is 8.16. The quantitative estimate of drug-likeness (QED) is 0.00329. The molecule has 3 heterocycles. The first kappa shape index (κ1) is 89.6. The highest BCUT2D eigenvalue weighted by Gasteiger charge is 2.51. The lowest BCUT2D eigenvalue weighted by atomic mass is 9.92. The molecule has 0 bridgehead atoms. The van der Waals surface area contributed by atoms with Crippen molar-refractivity contribution in [3.8, 4) is 0 Å². The number of hydrogen-bond donors (Lipinski definition) is 7. The monoisotopic (exact) mass is 1600 g/mol. The van der Waals surface area contributed by atoms with Crippen molar-refractivity contribution in [2.45, 2.75) is 111 Å². The van der Waals surface area contributed by atoms with Crippen molar-refractivity contribution in [1.29, 1.82) is 0 Å². The number of thioether (sulfide) groups is 5. The van der Waals surface area contributed by atoms with Crippen LogP contribution in [0, 0.1) is 23.7 Å². The van der Waals surface area contributed by atoms with Crippen molar-refractivity contribution >= 4 is 87.0 Å². The van der Waals surface area contributed by atoms with Gasteiger partial charge in [0.1, 0.15) is 5.54 Å². The lowest BCUT2D eigenvalue weighted by Gasteiger charge is -2.37. The zero-order valence-corrected chi connectivity index (χ0v) is 68.0. The number of rotatable bonds is 59. The van der Waals surface area contributed by atoms with Crippen LogP contribution < -0.4 is 38.6 Å². The van der Waals surface area contributed by atoms with Crippen LogP contribution in [0.4, 0.5) is 0 Å². The zero-order chi connectivity index (χ0) is 75.5. The summed E-state index contributed by atoms with van der Waals surface area (Å²) >= 11 is 8.38. The van der Waals surface area contributed by atoms with Crippen molar-refractivity contribution in [2.75, 3.05) is 192 Å². The van der Waals surface area contributed by atoms with Gasteiger partial charge in [-0.05, 0) is 116 Å². The molecular formula is C74H118N15O12S6+. The van der Waals surface area contributed by atoms with Crippen molar-refractivity contribution in [1.82, 2.24) is 51.2 Å². The van der Waals surface area contributed by atoms with Crippen molar-refractivity contribution in [3.63, 3.8) is 0 Å². The summed E-state index contributed by atoms with van der Waals surface area (Å²) in [5.74, 6) is 7.43. The Morgan fingerprint density at radius 1 is 0.551 bits per heavy atom. The first-order chi connectivity index (χ1) is 52.5. The van der Waals surface area contributed by atoms with Crippen LogP contribution >= 0.6 is 58.8 Å². The van der Waals surface area contributed by atoms with E-state index in [0.29, 0.717) is 192 Å². The molecule has 5 unspecified atom stereocenters. The van der Waals surface area contributed by atoms with Gasteiger partial charge in [0.2, 0.25) is 5.91 Å². The second kappa shape index (κ2) is 55.7. The Labute approximate surface area is 658 Å². The van der Waals surface area contributed by atoms with Gasteiger partial charge in [-0.2, -0.15) is 28.6 Å². The molecular weight excluding hydrogens is 1480 g/mol. The predicted molar refractivity (Wildman–Crippen MR) is 433 cm³/mol. The first-order valence-electron chi connectivity index (χ1n) is 37.0. The van der Waals surface area contributed by atoms with Crippen molar-refractivity contribution < 1.29 is 56.9 Å². The third-order valence-electron chi connectivity index (χ3n) is 17.5. The summed E-state index contributed by atoms with van der Waals surface area (Å²) in [6.07, 6.45) is 31.9. The van der Waals surface area contributed by atoms with Crippen LogP contribution in [0.2, 0.25) is 0 Å². The van der Waals surface area contributed by atoms with Gasteiger partial charge in [-0.25, -0.2) is 29.9 Å². The minimum Gasteiger partial charge on any atom is -0.399 e. The molecule has 7 rings (SSSR count). The molecule has 3 aromatic heterocycles. The number of fused-ring (bicyclic) bond motifs is 1. The minimum absolute atomic E-state index is 0.00652. The summed E-state index contributed by atoms with van der Waals surface area (Å²) in [5, 5.41) is 23.2. The molecule has 33 heteroatoms. The number of hydrogen-bond acceptors (Lipinski definition) is 31. The van der Waals surface area contributed by atoms with Gasteiger partial charge in [0.15, 0.2) is 20.6 Å². The van der Waals surface area contributed by atoms with E-state index in [2.05, 4.69) is 112 Å². The molecule has 107 heavy (non-hydrogen) atoms. The number of nitrogens with zero attached hydrogens (tertiary/aromatic N) is 8. The largest absolute Gasteiger partial charge is 0.399 e. The molecule has 0 aliphatic heterocycles. The molecule has 0 radical (unpaired) electrons. The number of aliphatic imine (C=N–C) groups is 1. The Balaban J connectivity index is 0.883. The lowest BCUT2D eigenvalue weighted by molar-refractivity contribution is -0.134. The minimum atomic E-state index is -1.32. The third-order valence-corrected chi connectivity index (χ3v) is 24.1. The van der Waals surface area contributed by atoms with E-state index < -0.39 is 5.54 Å². The molecule has 1 aromatic carbocycles. The summed E-state index contributed by atoms with van der Waals surface area (Å²) in [7, 11) is 0.330. The fourth-order valence-corrected chi connectivity index (χ4v) is 16.0. The number of ether oxygens (including phenoxy) is 11. The van der Waals surface area contributed by atoms with Crippen LogP contribution in [-0.2, 0) is 94.0 Å². The van der Waals surface area contributed by atoms with Gasteiger partial charge < -0.3 is 85.4 Å². The number of nitrogens with two attached hydrogens (primary N) is 3. The van der Waals surface area contributed by atoms with Crippen molar-refractivity contribution in [3.05, 3.63) is 114 Å². The van der Waals surface area contributed by atoms with Crippen LogP contribution in [0.3, 0.4) is 0 Å². The maximum absolute atomic E-state index is 15.4. The van der Waals surface area contributed by atoms with E-state index in [1.165, 1.54) is 5.56 Å². The van der Waals surface area contributed by atoms with Gasteiger partial charge >= 0.3 is 0 Å². The van der Waals surface area contributed by atoms with E-state index in [1.807, 2.05) is 12.4 Å². The molecule has 27 nitrogen and oxygen atoms in total. The molecule has 5 atom stereocenters. The number of carbonyl (C=O) groups excluding carboxylic acids is 1. The van der Waals surface area contributed by atoms with Gasteiger partial charge in [0, 0.05) is 102 Å². The van der Waals surface area contributed by atoms with Gasteiger partial charge in [-0.1, -0.05) is 66.7 Å². The standard InChI is InChI=1S/C74H117N15O12S6/c1-102-54-104-71-82-38-59(39-83-71)47-97-34-31-94-28-25-91-22-19-78-44-62(75)50-100-52-74(88-64-12-8-11-58(13-14-64)37-57-9-6-5-7-10-57,53-101-51-63(76)45-79-20-23-92-26-29-95-32-35-98-48-60-40-84-72(85-41-60)105-55-103-2)70(90)81-46-67-65-15-17-68(69(89-77)18-16-66(65)67)80-21-24-93-27-30-96-33-36-99-49-61-42-86-73(87-43-61)106-56-107(3)4/h5-7,9-10,38-45,58,64-67,88H,8,11-37,46-56H2,1-4H3,(H8-,75,76,77,78,79,80,81,89,90)/p+1. The Morgan fingerprint density at radius 2 is 1.01 bits per heavy atom. The Bertz CT molecular complexity index is 3040. The van der Waals surface area contributed by atoms with E-state index in [9.17, 15) is 0 Å². The average Bonchev–Trinajstić information content (AvgIpc) is 1.62. The second-order valence-corrected chi connectivity index (χ2v) is 34.2. The number of amides is 1. The maximum atomic E-state index is 15.4. The fraction of sp³-hybridized carbons (Fsp3) is 0.662. The van der Waals surface area contributed by atoms with Crippen LogP contribution in [-0.4, -0.2) is 251 Å². The zero-order valence-electron chi connectivity index (χ0n) is 63.1. The van der Waals surface area contributed by atoms with Crippen LogP contribution in [0.5, 0.6) is 0 Å². The van der Waals surface area contributed by atoms with Crippen molar-refractivity contribution in [2.24, 2.45) is 51.1 Å². The molecule has 4 aromatic rings. The number of nitrogens with one attached hydrogen (secondary N) is 4. The van der Waals surface area contributed by atoms with E-state index in [1.54, 1.807) is 96.0 Å². The summed E-state index contributed by atoms with van der Waals surface area (Å²) in [6, 6.07) is 10.7. The second-order valence-electron chi connectivity index (χ2n) is 26.3. The Hall–Kier alpha value is -4.63. The number of hydrazone groups is 1. The predicted octanol–water partition coefficient (Wildman–Crippen LogP) is 7.50. The third kappa shape index (κ3) is 38.4. The highest BCUT2D eigenvalue weighted by atomic mass is 32.2. The van der Waals surface area contributed by atoms with Gasteiger partial charge in [0.05, 0.1) is 187 Å². The van der Waals surface area contributed by atoms with E-state index >= 15 is 4.79 Å². The first-order valence-corrected chi connectivity index (χ1v) is 44.9. The number of aromatic nitrogens is 6. The molecule has 0 saturated heterocycles. The number of carbonyl (C=O) groups is 1. The van der Waals surface area contributed by atoms with Gasteiger partial charge in [-0.3, -0.25) is 15.1 Å². The fourth-order valence-electron chi connectivity index (χ4n) is 12.1. The Kier molecular flexibility index (Phi) is 46.7. The normalized spacial score (nSPS) is 19.1. The average molecular weight is 1600 g/mol. The van der Waals surface area contributed by atoms with E-state index in [0.717, 1.165) is 117 Å². The molecule has 3 saturated carbocycles. The van der Waals surface area contributed by atoms with Gasteiger partial charge in [-0.15, -0.1) is 0 Å². The highest BCUT2D eigenvalue weighted by Crippen LogP contribution is 2.52. The number of benzene rings is 1. The summed E-state index contributed by atoms with van der Waals surface area (Å²) in [4.78, 5) is 46.8. The van der Waals surface area contributed by atoms with E-state index in [-0.39, 0.29) is 44.3 Å². The molecule has 3 fully saturated rings. The van der Waals surface area contributed by atoms with Crippen LogP contribution in [0.25, 0.3) is 0 Å². The smallest absolute Gasteiger partial charge is 0.245 e. The Morgan fingerprint density at radius 3 is 1.49 bits per heavy atom. The molecule has 596 valence electrons. The molecule has 3 aliphatic rings. The van der Waals surface area contributed by atoms with E-state index in [4.69, 9.17) is 74.4 Å². The summed E-state index contributed by atoms with van der Waals surface area (Å²) < 4.78 is 65.0. The molecule has 1 amide bonds. The van der Waals surface area contributed by atoms with Crippen LogP contribution in [0.15, 0.2) is 117 Å².